The monoisotopic (exact) mass is 368 g/mol. The molecule has 4 nitrogen and oxygen atoms in total. The van der Waals surface area contributed by atoms with E-state index in [1.54, 1.807) is 6.08 Å². The number of hydrogen-bond acceptors (Lipinski definition) is 3. The van der Waals surface area contributed by atoms with Gasteiger partial charge in [0, 0.05) is 23.7 Å². The number of thiocarbonyl (C=S) groups is 1. The van der Waals surface area contributed by atoms with Crippen molar-refractivity contribution in [2.24, 2.45) is 0 Å². The number of benzene rings is 2. The average Bonchev–Trinajstić information content (AvgIpc) is 2.59. The zero-order valence-corrected chi connectivity index (χ0v) is 15.9. The summed E-state index contributed by atoms with van der Waals surface area (Å²) in [5, 5.41) is 7.24. The van der Waals surface area contributed by atoms with Crippen LogP contribution in [-0.2, 0) is 0 Å². The number of para-hydroxylation sites is 1. The molecular weight excluding hydrogens is 344 g/mol. The van der Waals surface area contributed by atoms with Crippen LogP contribution in [0, 0.1) is 0 Å². The summed E-state index contributed by atoms with van der Waals surface area (Å²) in [6.07, 6.45) is 2.55. The van der Waals surface area contributed by atoms with Crippen molar-refractivity contribution >= 4 is 23.0 Å². The molecule has 0 saturated heterocycles. The van der Waals surface area contributed by atoms with Crippen LogP contribution in [0.25, 0.3) is 0 Å². The third-order valence-electron chi connectivity index (χ3n) is 4.14. The molecule has 1 aliphatic heterocycles. The third kappa shape index (κ3) is 4.55. The molecule has 0 amide bonds. The SMILES string of the molecule is C=CCOc1cccc(NC(=S)N[C@H]2CC(C)(C)Oc3ccccc32)c1. The van der Waals surface area contributed by atoms with Crippen LogP contribution in [0.2, 0.25) is 0 Å². The molecule has 0 saturated carbocycles. The van der Waals surface area contributed by atoms with E-state index in [1.165, 1.54) is 0 Å². The summed E-state index contributed by atoms with van der Waals surface area (Å²) in [5.74, 6) is 1.68. The molecule has 26 heavy (non-hydrogen) atoms. The van der Waals surface area contributed by atoms with Crippen LogP contribution >= 0.6 is 12.2 Å². The molecule has 0 aromatic heterocycles. The maximum absolute atomic E-state index is 6.07. The van der Waals surface area contributed by atoms with Crippen LogP contribution in [-0.4, -0.2) is 17.3 Å². The first-order valence-electron chi connectivity index (χ1n) is 8.66. The minimum absolute atomic E-state index is 0.0927. The van der Waals surface area contributed by atoms with E-state index in [0.717, 1.165) is 29.2 Å². The van der Waals surface area contributed by atoms with Crippen molar-refractivity contribution in [2.45, 2.75) is 31.9 Å². The fraction of sp³-hybridized carbons (Fsp3) is 0.286. The van der Waals surface area contributed by atoms with E-state index in [9.17, 15) is 0 Å². The number of anilines is 1. The lowest BCUT2D eigenvalue weighted by molar-refractivity contribution is 0.0697. The first kappa shape index (κ1) is 18.3. The summed E-state index contributed by atoms with van der Waals surface area (Å²) in [6.45, 7) is 8.32. The van der Waals surface area contributed by atoms with Gasteiger partial charge in [0.2, 0.25) is 0 Å². The second-order valence-corrected chi connectivity index (χ2v) is 7.29. The Kier molecular flexibility index (Phi) is 5.47. The Morgan fingerprint density at radius 2 is 2.12 bits per heavy atom. The highest BCUT2D eigenvalue weighted by Gasteiger charge is 2.33. The molecule has 1 aliphatic rings. The molecule has 136 valence electrons. The third-order valence-corrected chi connectivity index (χ3v) is 4.36. The van der Waals surface area contributed by atoms with Gasteiger partial charge in [-0.15, -0.1) is 0 Å². The Hall–Kier alpha value is -2.53. The van der Waals surface area contributed by atoms with E-state index in [1.807, 2.05) is 42.5 Å². The molecule has 5 heteroatoms. The van der Waals surface area contributed by atoms with Crippen LogP contribution in [0.3, 0.4) is 0 Å². The molecule has 2 aromatic rings. The Bertz CT molecular complexity index is 804. The molecule has 3 rings (SSSR count). The summed E-state index contributed by atoms with van der Waals surface area (Å²) in [5.41, 5.74) is 1.75. The molecule has 0 bridgehead atoms. The van der Waals surface area contributed by atoms with Gasteiger partial charge in [0.05, 0.1) is 6.04 Å². The summed E-state index contributed by atoms with van der Waals surface area (Å²) in [7, 11) is 0. The summed E-state index contributed by atoms with van der Waals surface area (Å²) in [4.78, 5) is 0. The molecule has 1 atom stereocenters. The number of rotatable bonds is 5. The lowest BCUT2D eigenvalue weighted by Gasteiger charge is -2.38. The normalized spacial score (nSPS) is 17.4. The number of nitrogens with one attached hydrogen (secondary N) is 2. The zero-order chi connectivity index (χ0) is 18.6. The summed E-state index contributed by atoms with van der Waals surface area (Å²) < 4.78 is 11.6. The predicted molar refractivity (Wildman–Crippen MR) is 110 cm³/mol. The standard InChI is InChI=1S/C21H24N2O2S/c1-4-12-24-16-9-7-8-15(13-16)22-20(26)23-18-14-21(2,3)25-19-11-6-5-10-17(18)19/h4-11,13,18H,1,12,14H2,2-3H3,(H2,22,23,26)/t18-/m0/s1. The van der Waals surface area contributed by atoms with Crippen LogP contribution < -0.4 is 20.1 Å². The molecule has 0 radical (unpaired) electrons. The quantitative estimate of drug-likeness (QED) is 0.584. The van der Waals surface area contributed by atoms with Gasteiger partial charge in [-0.1, -0.05) is 36.9 Å². The van der Waals surface area contributed by atoms with Gasteiger partial charge in [0.25, 0.3) is 0 Å². The lowest BCUT2D eigenvalue weighted by Crippen LogP contribution is -2.42. The van der Waals surface area contributed by atoms with Crippen molar-refractivity contribution in [3.05, 3.63) is 66.7 Å². The van der Waals surface area contributed by atoms with Gasteiger partial charge in [0.15, 0.2) is 5.11 Å². The Balaban J connectivity index is 1.69. The Morgan fingerprint density at radius 1 is 1.31 bits per heavy atom. The fourth-order valence-electron chi connectivity index (χ4n) is 3.08. The first-order valence-corrected chi connectivity index (χ1v) is 9.07. The Morgan fingerprint density at radius 3 is 2.92 bits per heavy atom. The van der Waals surface area contributed by atoms with Gasteiger partial charge in [-0.25, -0.2) is 0 Å². The maximum atomic E-state index is 6.07. The summed E-state index contributed by atoms with van der Waals surface area (Å²) >= 11 is 5.53. The number of hydrogen-bond donors (Lipinski definition) is 2. The van der Waals surface area contributed by atoms with Gasteiger partial charge in [-0.05, 0) is 44.3 Å². The molecule has 0 fully saturated rings. The molecule has 0 aliphatic carbocycles. The van der Waals surface area contributed by atoms with Crippen molar-refractivity contribution in [1.29, 1.82) is 0 Å². The largest absolute Gasteiger partial charge is 0.489 e. The zero-order valence-electron chi connectivity index (χ0n) is 15.1. The second-order valence-electron chi connectivity index (χ2n) is 6.88. The van der Waals surface area contributed by atoms with Crippen LogP contribution in [0.5, 0.6) is 11.5 Å². The first-order chi connectivity index (χ1) is 12.5. The van der Waals surface area contributed by atoms with Crippen molar-refractivity contribution in [2.75, 3.05) is 11.9 Å². The highest BCUT2D eigenvalue weighted by molar-refractivity contribution is 7.80. The van der Waals surface area contributed by atoms with Gasteiger partial charge in [0.1, 0.15) is 23.7 Å². The van der Waals surface area contributed by atoms with Crippen molar-refractivity contribution in [1.82, 2.24) is 5.32 Å². The van der Waals surface area contributed by atoms with E-state index in [-0.39, 0.29) is 11.6 Å². The van der Waals surface area contributed by atoms with Gasteiger partial charge < -0.3 is 20.1 Å². The predicted octanol–water partition coefficient (Wildman–Crippen LogP) is 4.84. The molecule has 2 aromatic carbocycles. The summed E-state index contributed by atoms with van der Waals surface area (Å²) in [6, 6.07) is 15.9. The van der Waals surface area contributed by atoms with E-state index >= 15 is 0 Å². The molecule has 0 spiro atoms. The maximum Gasteiger partial charge on any atom is 0.171 e. The smallest absolute Gasteiger partial charge is 0.171 e. The fourth-order valence-corrected chi connectivity index (χ4v) is 3.34. The van der Waals surface area contributed by atoms with Crippen molar-refractivity contribution < 1.29 is 9.47 Å². The highest BCUT2D eigenvalue weighted by Crippen LogP contribution is 2.39. The highest BCUT2D eigenvalue weighted by atomic mass is 32.1. The lowest BCUT2D eigenvalue weighted by atomic mass is 9.90. The van der Waals surface area contributed by atoms with E-state index in [0.29, 0.717) is 11.7 Å². The van der Waals surface area contributed by atoms with Crippen molar-refractivity contribution in [3.63, 3.8) is 0 Å². The second kappa shape index (κ2) is 7.79. The minimum Gasteiger partial charge on any atom is -0.489 e. The number of ether oxygens (including phenoxy) is 2. The van der Waals surface area contributed by atoms with Gasteiger partial charge in [-0.3, -0.25) is 0 Å². The van der Waals surface area contributed by atoms with Crippen LogP contribution in [0.1, 0.15) is 31.9 Å². The molecular formula is C21H24N2O2S. The molecule has 0 unspecified atom stereocenters. The van der Waals surface area contributed by atoms with Gasteiger partial charge >= 0.3 is 0 Å². The number of fused-ring (bicyclic) bond motifs is 1. The Labute approximate surface area is 160 Å². The average molecular weight is 369 g/mol. The van der Waals surface area contributed by atoms with Crippen molar-refractivity contribution in [3.8, 4) is 11.5 Å². The van der Waals surface area contributed by atoms with E-state index in [4.69, 9.17) is 21.7 Å². The van der Waals surface area contributed by atoms with Gasteiger partial charge in [-0.2, -0.15) is 0 Å². The molecule has 1 heterocycles. The van der Waals surface area contributed by atoms with E-state index < -0.39 is 0 Å². The molecule has 2 N–H and O–H groups in total. The van der Waals surface area contributed by atoms with Crippen LogP contribution in [0.15, 0.2) is 61.2 Å². The van der Waals surface area contributed by atoms with Crippen LogP contribution in [0.4, 0.5) is 5.69 Å². The van der Waals surface area contributed by atoms with E-state index in [2.05, 4.69) is 37.1 Å². The topological polar surface area (TPSA) is 42.5 Å². The minimum atomic E-state index is -0.250.